The number of benzene rings is 3. The van der Waals surface area contributed by atoms with Gasteiger partial charge in [0.25, 0.3) is 0 Å². The molecule has 3 aromatic carbocycles. The fourth-order valence-corrected chi connectivity index (χ4v) is 3.09. The third-order valence-corrected chi connectivity index (χ3v) is 4.94. The molecule has 0 bridgehead atoms. The number of esters is 1. The average molecular weight is 374 g/mol. The van der Waals surface area contributed by atoms with Gasteiger partial charge in [-0.1, -0.05) is 67.9 Å². The van der Waals surface area contributed by atoms with E-state index in [0.717, 1.165) is 5.56 Å². The lowest BCUT2D eigenvalue weighted by molar-refractivity contribution is 0.0668. The summed E-state index contributed by atoms with van der Waals surface area (Å²) in [7, 11) is 0. The van der Waals surface area contributed by atoms with Crippen LogP contribution in [0.2, 0.25) is 0 Å². The Labute approximate surface area is 164 Å². The van der Waals surface area contributed by atoms with Gasteiger partial charge in [-0.3, -0.25) is 0 Å². The van der Waals surface area contributed by atoms with E-state index in [2.05, 4.69) is 45.0 Å². The molecule has 0 spiro atoms. The summed E-state index contributed by atoms with van der Waals surface area (Å²) < 4.78 is 5.38. The van der Waals surface area contributed by atoms with Crippen molar-refractivity contribution in [1.29, 1.82) is 0 Å². The zero-order valence-corrected chi connectivity index (χ0v) is 16.1. The molecule has 0 aliphatic carbocycles. The lowest BCUT2D eigenvalue weighted by Gasteiger charge is -2.26. The zero-order valence-electron chi connectivity index (χ0n) is 16.1. The van der Waals surface area contributed by atoms with Crippen LogP contribution in [0.25, 0.3) is 0 Å². The molecule has 0 aliphatic rings. The number of carboxylic acids is 1. The second-order valence-electron chi connectivity index (χ2n) is 7.26. The van der Waals surface area contributed by atoms with Crippen molar-refractivity contribution in [2.24, 2.45) is 0 Å². The largest absolute Gasteiger partial charge is 0.478 e. The van der Waals surface area contributed by atoms with E-state index < -0.39 is 11.9 Å². The molecule has 0 aliphatic heterocycles. The van der Waals surface area contributed by atoms with Gasteiger partial charge < -0.3 is 9.84 Å². The maximum atomic E-state index is 12.4. The van der Waals surface area contributed by atoms with E-state index in [4.69, 9.17) is 4.74 Å². The highest BCUT2D eigenvalue weighted by molar-refractivity contribution is 6.03. The van der Waals surface area contributed by atoms with Crippen molar-refractivity contribution in [3.63, 3.8) is 0 Å². The van der Waals surface area contributed by atoms with Crippen molar-refractivity contribution in [2.75, 3.05) is 0 Å². The predicted molar refractivity (Wildman–Crippen MR) is 108 cm³/mol. The van der Waals surface area contributed by atoms with Crippen LogP contribution in [0.5, 0.6) is 5.75 Å². The van der Waals surface area contributed by atoms with E-state index in [9.17, 15) is 14.7 Å². The van der Waals surface area contributed by atoms with Crippen molar-refractivity contribution < 1.29 is 19.4 Å². The van der Waals surface area contributed by atoms with Gasteiger partial charge >= 0.3 is 11.9 Å². The first-order chi connectivity index (χ1) is 13.3. The summed E-state index contributed by atoms with van der Waals surface area (Å²) in [6.45, 7) is 6.34. The maximum absolute atomic E-state index is 12.4. The second-order valence-corrected chi connectivity index (χ2v) is 7.26. The summed E-state index contributed by atoms with van der Waals surface area (Å²) >= 11 is 0. The Balaban J connectivity index is 1.80. The minimum Gasteiger partial charge on any atom is -0.478 e. The first kappa shape index (κ1) is 19.4. The number of carbonyl (C=O) groups is 2. The van der Waals surface area contributed by atoms with Crippen LogP contribution in [0.3, 0.4) is 0 Å². The molecular formula is C24H22O4. The van der Waals surface area contributed by atoms with E-state index in [1.807, 2.05) is 12.1 Å². The fraction of sp³-hybridized carbons (Fsp3) is 0.167. The molecule has 1 N–H and O–H groups in total. The second kappa shape index (κ2) is 7.69. The monoisotopic (exact) mass is 374 g/mol. The molecule has 4 heteroatoms. The summed E-state index contributed by atoms with van der Waals surface area (Å²) in [6, 6.07) is 21.7. The molecule has 0 atom stereocenters. The summed E-state index contributed by atoms with van der Waals surface area (Å²) in [4.78, 5) is 23.7. The molecule has 28 heavy (non-hydrogen) atoms. The minimum absolute atomic E-state index is 0.0269. The van der Waals surface area contributed by atoms with E-state index >= 15 is 0 Å². The van der Waals surface area contributed by atoms with Crippen molar-refractivity contribution >= 4 is 11.9 Å². The fourth-order valence-electron chi connectivity index (χ4n) is 3.09. The van der Waals surface area contributed by atoms with Gasteiger partial charge in [0, 0.05) is 5.41 Å². The highest BCUT2D eigenvalue weighted by Crippen LogP contribution is 2.32. The third kappa shape index (κ3) is 3.96. The number of aryl methyl sites for hydroxylation is 1. The summed E-state index contributed by atoms with van der Waals surface area (Å²) in [6.07, 6.45) is 0. The summed E-state index contributed by atoms with van der Waals surface area (Å²) in [5.74, 6) is -1.49. The molecule has 0 unspecified atom stereocenters. The maximum Gasteiger partial charge on any atom is 0.344 e. The first-order valence-corrected chi connectivity index (χ1v) is 9.01. The molecular weight excluding hydrogens is 352 g/mol. The number of ether oxygens (including phenoxy) is 1. The van der Waals surface area contributed by atoms with Crippen LogP contribution in [0.1, 0.15) is 51.3 Å². The molecule has 142 valence electrons. The van der Waals surface area contributed by atoms with Gasteiger partial charge in [0.15, 0.2) is 0 Å². The van der Waals surface area contributed by atoms with Gasteiger partial charge in [-0.05, 0) is 42.3 Å². The number of carboxylic acid groups (broad SMARTS) is 1. The van der Waals surface area contributed by atoms with Crippen LogP contribution >= 0.6 is 0 Å². The Morgan fingerprint density at radius 3 is 1.82 bits per heavy atom. The van der Waals surface area contributed by atoms with Crippen LogP contribution in [-0.2, 0) is 5.41 Å². The Bertz CT molecular complexity index is 1000. The Morgan fingerprint density at radius 2 is 1.29 bits per heavy atom. The standard InChI is InChI=1S/C24H22O4/c1-16-8-10-17(11-9-16)24(2,3)18-12-14-19(15-13-18)28-23(27)21-7-5-4-6-20(21)22(25)26/h4-15H,1-3H3,(H,25,26). The van der Waals surface area contributed by atoms with Crippen LogP contribution in [0.15, 0.2) is 72.8 Å². The van der Waals surface area contributed by atoms with E-state index in [1.165, 1.54) is 23.3 Å². The molecule has 0 saturated carbocycles. The third-order valence-electron chi connectivity index (χ3n) is 4.94. The predicted octanol–water partition coefficient (Wildman–Crippen LogP) is 5.24. The Morgan fingerprint density at radius 1 is 0.786 bits per heavy atom. The summed E-state index contributed by atoms with van der Waals surface area (Å²) in [5.41, 5.74) is 3.24. The first-order valence-electron chi connectivity index (χ1n) is 9.01. The normalized spacial score (nSPS) is 11.1. The SMILES string of the molecule is Cc1ccc(C(C)(C)c2ccc(OC(=O)c3ccccc3C(=O)O)cc2)cc1. The number of hydrogen-bond acceptors (Lipinski definition) is 3. The van der Waals surface area contributed by atoms with Gasteiger partial charge in [0.05, 0.1) is 11.1 Å². The van der Waals surface area contributed by atoms with Crippen molar-refractivity contribution in [3.8, 4) is 5.75 Å². The molecule has 0 aromatic heterocycles. The van der Waals surface area contributed by atoms with E-state index in [0.29, 0.717) is 5.75 Å². The molecule has 0 radical (unpaired) electrons. The van der Waals surface area contributed by atoms with E-state index in [-0.39, 0.29) is 16.5 Å². The topological polar surface area (TPSA) is 63.6 Å². The van der Waals surface area contributed by atoms with Gasteiger partial charge in [0.2, 0.25) is 0 Å². The highest BCUT2D eigenvalue weighted by Gasteiger charge is 2.23. The molecule has 0 amide bonds. The summed E-state index contributed by atoms with van der Waals surface area (Å²) in [5, 5.41) is 9.22. The lowest BCUT2D eigenvalue weighted by atomic mass is 9.78. The van der Waals surface area contributed by atoms with Crippen LogP contribution in [0.4, 0.5) is 0 Å². The van der Waals surface area contributed by atoms with Crippen molar-refractivity contribution in [2.45, 2.75) is 26.2 Å². The van der Waals surface area contributed by atoms with Gasteiger partial charge in [-0.15, -0.1) is 0 Å². The van der Waals surface area contributed by atoms with Crippen LogP contribution in [0, 0.1) is 6.92 Å². The molecule has 3 aromatic rings. The molecule has 0 saturated heterocycles. The lowest BCUT2D eigenvalue weighted by Crippen LogP contribution is -2.19. The highest BCUT2D eigenvalue weighted by atomic mass is 16.5. The average Bonchev–Trinajstić information content (AvgIpc) is 2.68. The van der Waals surface area contributed by atoms with Gasteiger partial charge in [0.1, 0.15) is 5.75 Å². The van der Waals surface area contributed by atoms with Gasteiger partial charge in [-0.2, -0.15) is 0 Å². The van der Waals surface area contributed by atoms with E-state index in [1.54, 1.807) is 24.3 Å². The smallest absolute Gasteiger partial charge is 0.344 e. The molecule has 0 heterocycles. The quantitative estimate of drug-likeness (QED) is 0.490. The molecule has 0 fully saturated rings. The van der Waals surface area contributed by atoms with Crippen molar-refractivity contribution in [1.82, 2.24) is 0 Å². The molecule has 3 rings (SSSR count). The van der Waals surface area contributed by atoms with Crippen LogP contribution in [-0.4, -0.2) is 17.0 Å². The Hall–Kier alpha value is -3.40. The minimum atomic E-state index is -1.16. The molecule has 4 nitrogen and oxygen atoms in total. The number of aromatic carboxylic acids is 1. The number of rotatable bonds is 5. The zero-order chi connectivity index (χ0) is 20.3. The van der Waals surface area contributed by atoms with Crippen LogP contribution < -0.4 is 4.74 Å². The number of hydrogen-bond donors (Lipinski definition) is 1. The number of carbonyl (C=O) groups excluding carboxylic acids is 1. The van der Waals surface area contributed by atoms with Crippen molar-refractivity contribution in [3.05, 3.63) is 101 Å². The van der Waals surface area contributed by atoms with Gasteiger partial charge in [-0.25, -0.2) is 9.59 Å². The Kier molecular flexibility index (Phi) is 5.32.